The van der Waals surface area contributed by atoms with Gasteiger partial charge in [-0.15, -0.1) is 16.9 Å². The lowest BCUT2D eigenvalue weighted by Gasteiger charge is -2.11. The molecule has 3 rings (SSSR count). The first-order valence-electron chi connectivity index (χ1n) is 9.88. The summed E-state index contributed by atoms with van der Waals surface area (Å²) in [6.45, 7) is 6.97. The van der Waals surface area contributed by atoms with E-state index in [0.29, 0.717) is 30.3 Å². The quantitative estimate of drug-likeness (QED) is 0.464. The molecular weight excluding hydrogens is 402 g/mol. The van der Waals surface area contributed by atoms with E-state index < -0.39 is 0 Å². The van der Waals surface area contributed by atoms with Gasteiger partial charge in [0.1, 0.15) is 0 Å². The second-order valence-corrected chi connectivity index (χ2v) is 7.58. The summed E-state index contributed by atoms with van der Waals surface area (Å²) in [6, 6.07) is 13.4. The summed E-state index contributed by atoms with van der Waals surface area (Å²) in [5.41, 5.74) is 1.60. The van der Waals surface area contributed by atoms with Crippen molar-refractivity contribution in [3.8, 4) is 23.0 Å². The van der Waals surface area contributed by atoms with Gasteiger partial charge in [-0.05, 0) is 55.5 Å². The van der Waals surface area contributed by atoms with Gasteiger partial charge >= 0.3 is 6.01 Å². The van der Waals surface area contributed by atoms with Gasteiger partial charge in [-0.2, -0.15) is 0 Å². The van der Waals surface area contributed by atoms with E-state index in [9.17, 15) is 4.79 Å². The molecule has 0 bridgehead atoms. The Morgan fingerprint density at radius 3 is 2.43 bits per heavy atom. The van der Waals surface area contributed by atoms with Crippen LogP contribution in [0.15, 0.2) is 51.8 Å². The van der Waals surface area contributed by atoms with Crippen LogP contribution in [0, 0.1) is 0 Å². The number of anilines is 1. The van der Waals surface area contributed by atoms with Crippen molar-refractivity contribution in [1.29, 1.82) is 0 Å². The van der Waals surface area contributed by atoms with Crippen LogP contribution in [0.5, 0.6) is 11.5 Å². The number of thioether (sulfide) groups is 1. The molecule has 1 aromatic heterocycles. The first-order chi connectivity index (χ1) is 14.6. The zero-order valence-electron chi connectivity index (χ0n) is 17.3. The first kappa shape index (κ1) is 21.7. The van der Waals surface area contributed by atoms with E-state index in [1.54, 1.807) is 23.9 Å². The highest BCUT2D eigenvalue weighted by atomic mass is 32.2. The van der Waals surface area contributed by atoms with Crippen molar-refractivity contribution in [2.24, 2.45) is 0 Å². The maximum Gasteiger partial charge on any atom is 0.322 e. The third-order valence-corrected chi connectivity index (χ3v) is 4.95. The third kappa shape index (κ3) is 5.76. The molecule has 2 aromatic carbocycles. The van der Waals surface area contributed by atoms with Gasteiger partial charge < -0.3 is 13.9 Å². The Morgan fingerprint density at radius 1 is 1.00 bits per heavy atom. The summed E-state index contributed by atoms with van der Waals surface area (Å²) >= 11 is 1.76. The predicted molar refractivity (Wildman–Crippen MR) is 117 cm³/mol. The van der Waals surface area contributed by atoms with Gasteiger partial charge in [0, 0.05) is 10.5 Å². The fourth-order valence-corrected chi connectivity index (χ4v) is 3.46. The number of nitrogens with zero attached hydrogens (tertiary/aromatic N) is 2. The molecule has 0 fully saturated rings. The number of ether oxygens (including phenoxy) is 2. The Morgan fingerprint density at radius 2 is 1.73 bits per heavy atom. The summed E-state index contributed by atoms with van der Waals surface area (Å²) in [5, 5.41) is 10.6. The molecule has 1 N–H and O–H groups in total. The molecule has 0 radical (unpaired) electrons. The summed E-state index contributed by atoms with van der Waals surface area (Å²) in [7, 11) is 0. The lowest BCUT2D eigenvalue weighted by Crippen LogP contribution is -2.14. The van der Waals surface area contributed by atoms with E-state index in [2.05, 4.69) is 22.4 Å². The summed E-state index contributed by atoms with van der Waals surface area (Å²) < 4.78 is 16.8. The minimum absolute atomic E-state index is 0.0556. The van der Waals surface area contributed by atoms with Crippen molar-refractivity contribution < 1.29 is 18.7 Å². The highest BCUT2D eigenvalue weighted by molar-refractivity contribution is 7.99. The van der Waals surface area contributed by atoms with E-state index in [-0.39, 0.29) is 24.2 Å². The van der Waals surface area contributed by atoms with Crippen molar-refractivity contribution in [2.75, 3.05) is 24.3 Å². The van der Waals surface area contributed by atoms with Crippen molar-refractivity contribution in [1.82, 2.24) is 10.2 Å². The normalized spacial score (nSPS) is 10.6. The van der Waals surface area contributed by atoms with E-state index in [0.717, 1.165) is 11.3 Å². The fraction of sp³-hybridized carbons (Fsp3) is 0.318. The molecule has 1 amide bonds. The highest BCUT2D eigenvalue weighted by Gasteiger charge is 2.14. The molecule has 0 atom stereocenters. The summed E-state index contributed by atoms with van der Waals surface area (Å²) in [6.07, 6.45) is 0.228. The second kappa shape index (κ2) is 10.7. The standard InChI is InChI=1S/C22H25N3O4S/c1-4-27-18-12-9-16(14-19(18)28-5-2)21-24-25-22(29-21)23-20(26)13-15-7-10-17(11-8-15)30-6-3/h7-12,14H,4-6,13H2,1-3H3,(H,23,25,26). The van der Waals surface area contributed by atoms with Crippen LogP contribution in [-0.2, 0) is 11.2 Å². The van der Waals surface area contributed by atoms with E-state index in [1.807, 2.05) is 44.2 Å². The molecule has 0 aliphatic rings. The van der Waals surface area contributed by atoms with Crippen molar-refractivity contribution >= 4 is 23.7 Å². The van der Waals surface area contributed by atoms with Gasteiger partial charge in [-0.3, -0.25) is 10.1 Å². The monoisotopic (exact) mass is 427 g/mol. The molecule has 0 aliphatic heterocycles. The lowest BCUT2D eigenvalue weighted by atomic mass is 10.1. The van der Waals surface area contributed by atoms with Crippen LogP contribution in [0.2, 0.25) is 0 Å². The lowest BCUT2D eigenvalue weighted by molar-refractivity contribution is -0.115. The molecule has 1 heterocycles. The minimum atomic E-state index is -0.220. The largest absolute Gasteiger partial charge is 0.490 e. The Kier molecular flexibility index (Phi) is 7.73. The van der Waals surface area contributed by atoms with Gasteiger partial charge in [0.15, 0.2) is 11.5 Å². The predicted octanol–water partition coefficient (Wildman–Crippen LogP) is 4.83. The number of benzene rings is 2. The molecule has 158 valence electrons. The van der Waals surface area contributed by atoms with Crippen molar-refractivity contribution in [3.63, 3.8) is 0 Å². The first-order valence-corrected chi connectivity index (χ1v) is 10.9. The van der Waals surface area contributed by atoms with Crippen LogP contribution in [0.4, 0.5) is 6.01 Å². The molecule has 8 heteroatoms. The van der Waals surface area contributed by atoms with Gasteiger partial charge in [0.25, 0.3) is 0 Å². The molecule has 3 aromatic rings. The van der Waals surface area contributed by atoms with E-state index >= 15 is 0 Å². The Hall–Kier alpha value is -3.00. The molecular formula is C22H25N3O4S. The molecule has 7 nitrogen and oxygen atoms in total. The zero-order valence-corrected chi connectivity index (χ0v) is 18.1. The molecule has 0 spiro atoms. The van der Waals surface area contributed by atoms with Crippen molar-refractivity contribution in [2.45, 2.75) is 32.1 Å². The zero-order chi connectivity index (χ0) is 21.3. The Balaban J connectivity index is 1.65. The number of carbonyl (C=O) groups excluding carboxylic acids is 1. The van der Waals surface area contributed by atoms with Crippen LogP contribution >= 0.6 is 11.8 Å². The Bertz CT molecular complexity index is 973. The minimum Gasteiger partial charge on any atom is -0.490 e. The molecule has 0 unspecified atom stereocenters. The molecule has 0 saturated heterocycles. The number of hydrogen-bond donors (Lipinski definition) is 1. The fourth-order valence-electron chi connectivity index (χ4n) is 2.79. The summed E-state index contributed by atoms with van der Waals surface area (Å²) in [5.74, 6) is 2.34. The van der Waals surface area contributed by atoms with Gasteiger partial charge in [0.05, 0.1) is 19.6 Å². The third-order valence-electron chi connectivity index (χ3n) is 4.06. The van der Waals surface area contributed by atoms with Gasteiger partial charge in [-0.1, -0.05) is 24.2 Å². The average Bonchev–Trinajstić information content (AvgIpc) is 3.19. The van der Waals surface area contributed by atoms with Gasteiger partial charge in [0.2, 0.25) is 11.8 Å². The Labute approximate surface area is 180 Å². The number of nitrogens with one attached hydrogen (secondary N) is 1. The molecule has 30 heavy (non-hydrogen) atoms. The van der Waals surface area contributed by atoms with Crippen LogP contribution in [0.25, 0.3) is 11.5 Å². The number of amides is 1. The maximum atomic E-state index is 12.3. The number of carbonyl (C=O) groups is 1. The van der Waals surface area contributed by atoms with Crippen LogP contribution in [-0.4, -0.2) is 35.1 Å². The summed E-state index contributed by atoms with van der Waals surface area (Å²) in [4.78, 5) is 13.5. The number of hydrogen-bond acceptors (Lipinski definition) is 7. The molecule has 0 saturated carbocycles. The SMILES string of the molecule is CCOc1ccc(-c2nnc(NC(=O)Cc3ccc(SCC)cc3)o2)cc1OCC. The van der Waals surface area contributed by atoms with E-state index in [4.69, 9.17) is 13.9 Å². The van der Waals surface area contributed by atoms with Crippen LogP contribution in [0.3, 0.4) is 0 Å². The second-order valence-electron chi connectivity index (χ2n) is 6.24. The number of aromatic nitrogens is 2. The van der Waals surface area contributed by atoms with E-state index in [1.165, 1.54) is 4.90 Å². The number of rotatable bonds is 10. The van der Waals surface area contributed by atoms with Gasteiger partial charge in [-0.25, -0.2) is 0 Å². The van der Waals surface area contributed by atoms with Crippen LogP contribution in [0.1, 0.15) is 26.3 Å². The average molecular weight is 428 g/mol. The van der Waals surface area contributed by atoms with Crippen molar-refractivity contribution in [3.05, 3.63) is 48.0 Å². The molecule has 0 aliphatic carbocycles. The maximum absolute atomic E-state index is 12.3. The smallest absolute Gasteiger partial charge is 0.322 e. The topological polar surface area (TPSA) is 86.5 Å². The van der Waals surface area contributed by atoms with Crippen LogP contribution < -0.4 is 14.8 Å². The highest BCUT2D eigenvalue weighted by Crippen LogP contribution is 2.32.